The Kier molecular flexibility index (Phi) is 5.38. The van der Waals surface area contributed by atoms with Gasteiger partial charge in [-0.2, -0.15) is 0 Å². The zero-order chi connectivity index (χ0) is 16.1. The Bertz CT molecular complexity index is 644. The summed E-state index contributed by atoms with van der Waals surface area (Å²) >= 11 is 1.52. The Hall–Kier alpha value is -1.76. The van der Waals surface area contributed by atoms with Gasteiger partial charge in [0.2, 0.25) is 5.91 Å². The predicted molar refractivity (Wildman–Crippen MR) is 91.4 cm³/mol. The molecule has 0 aliphatic carbocycles. The fraction of sp³-hybridized carbons (Fsp3) is 0.412. The number of carbonyl (C=O) groups is 1. The number of likely N-dealkylation sites (tertiary alicyclic amines) is 1. The van der Waals surface area contributed by atoms with Gasteiger partial charge >= 0.3 is 0 Å². The van der Waals surface area contributed by atoms with Gasteiger partial charge in [0.15, 0.2) is 0 Å². The molecule has 1 atom stereocenters. The van der Waals surface area contributed by atoms with Crippen LogP contribution >= 0.6 is 11.3 Å². The van der Waals surface area contributed by atoms with Crippen LogP contribution in [-0.2, 0) is 17.8 Å². The van der Waals surface area contributed by atoms with Crippen molar-refractivity contribution in [1.82, 2.24) is 9.88 Å². The molecule has 1 aliphatic rings. The van der Waals surface area contributed by atoms with Crippen LogP contribution in [0.5, 0.6) is 0 Å². The van der Waals surface area contributed by atoms with E-state index in [2.05, 4.69) is 15.2 Å². The van der Waals surface area contributed by atoms with E-state index in [0.29, 0.717) is 13.0 Å². The van der Waals surface area contributed by atoms with Crippen LogP contribution in [0.1, 0.15) is 23.5 Å². The fourth-order valence-electron chi connectivity index (χ4n) is 2.77. The Morgan fingerprint density at radius 2 is 2.22 bits per heavy atom. The molecular weight excluding hydrogens is 310 g/mol. The van der Waals surface area contributed by atoms with Gasteiger partial charge < -0.3 is 10.4 Å². The summed E-state index contributed by atoms with van der Waals surface area (Å²) in [5.74, 6) is -0.0505. The normalized spacial score (nSPS) is 18.7. The summed E-state index contributed by atoms with van der Waals surface area (Å²) in [5, 5.41) is 15.4. The van der Waals surface area contributed by atoms with Crippen LogP contribution in [0.25, 0.3) is 0 Å². The lowest BCUT2D eigenvalue weighted by Gasteiger charge is -2.29. The molecule has 1 unspecified atom stereocenters. The van der Waals surface area contributed by atoms with Crippen molar-refractivity contribution in [3.05, 3.63) is 46.4 Å². The first-order chi connectivity index (χ1) is 11.2. The number of aliphatic hydroxyl groups excluding tert-OH is 1. The average molecular weight is 331 g/mol. The molecule has 0 radical (unpaired) electrons. The molecule has 1 aromatic carbocycles. The number of hydrogen-bond donors (Lipinski definition) is 2. The van der Waals surface area contributed by atoms with Crippen LogP contribution in [-0.4, -0.2) is 40.1 Å². The number of rotatable bonds is 5. The number of hydrogen-bond acceptors (Lipinski definition) is 5. The summed E-state index contributed by atoms with van der Waals surface area (Å²) in [5.41, 5.74) is 1.78. The van der Waals surface area contributed by atoms with Crippen LogP contribution in [0, 0.1) is 0 Å². The molecule has 1 fully saturated rings. The number of aliphatic hydroxyl groups is 1. The smallest absolute Gasteiger partial charge is 0.231 e. The summed E-state index contributed by atoms with van der Waals surface area (Å²) in [6.07, 6.45) is 1.98. The highest BCUT2D eigenvalue weighted by Crippen LogP contribution is 2.17. The molecule has 3 rings (SSSR count). The van der Waals surface area contributed by atoms with Crippen molar-refractivity contribution in [2.24, 2.45) is 0 Å². The van der Waals surface area contributed by atoms with Crippen LogP contribution in [0.15, 0.2) is 35.7 Å². The summed E-state index contributed by atoms with van der Waals surface area (Å²) in [6, 6.07) is 9.44. The number of para-hydroxylation sites is 1. The van der Waals surface area contributed by atoms with E-state index in [-0.39, 0.29) is 12.0 Å². The molecule has 122 valence electrons. The predicted octanol–water partition coefficient (Wildman–Crippen LogP) is 2.28. The summed E-state index contributed by atoms with van der Waals surface area (Å²) in [4.78, 5) is 18.8. The molecule has 1 aliphatic heterocycles. The molecule has 23 heavy (non-hydrogen) atoms. The van der Waals surface area contributed by atoms with E-state index in [0.717, 1.165) is 42.3 Å². The summed E-state index contributed by atoms with van der Waals surface area (Å²) in [7, 11) is 0. The van der Waals surface area contributed by atoms with Crippen molar-refractivity contribution in [2.45, 2.75) is 31.9 Å². The standard InChI is InChI=1S/C17H21N3O2S/c21-15-7-4-8-20(11-15)10-14-12-23-17(19-14)9-16(22)18-13-5-2-1-3-6-13/h1-3,5-6,12,15,21H,4,7-11H2,(H,18,22). The molecule has 0 spiro atoms. The quantitative estimate of drug-likeness (QED) is 0.882. The topological polar surface area (TPSA) is 65.5 Å². The Balaban J connectivity index is 1.51. The molecule has 2 heterocycles. The lowest BCUT2D eigenvalue weighted by atomic mass is 10.1. The largest absolute Gasteiger partial charge is 0.392 e. The number of amides is 1. The molecular formula is C17H21N3O2S. The highest BCUT2D eigenvalue weighted by atomic mass is 32.1. The summed E-state index contributed by atoms with van der Waals surface area (Å²) in [6.45, 7) is 2.45. The Morgan fingerprint density at radius 1 is 1.39 bits per heavy atom. The second-order valence-corrected chi connectivity index (χ2v) is 6.80. The van der Waals surface area contributed by atoms with E-state index in [4.69, 9.17) is 0 Å². The SMILES string of the molecule is O=C(Cc1nc(CN2CCCC(O)C2)cs1)Nc1ccccc1. The van der Waals surface area contributed by atoms with Crippen LogP contribution in [0.3, 0.4) is 0 Å². The van der Waals surface area contributed by atoms with Crippen LogP contribution in [0.4, 0.5) is 5.69 Å². The number of anilines is 1. The molecule has 2 aromatic rings. The number of thiazole rings is 1. The molecule has 6 heteroatoms. The van der Waals surface area contributed by atoms with Crippen molar-refractivity contribution >= 4 is 22.9 Å². The lowest BCUT2D eigenvalue weighted by molar-refractivity contribution is -0.115. The maximum atomic E-state index is 12.0. The number of nitrogens with zero attached hydrogens (tertiary/aromatic N) is 2. The monoisotopic (exact) mass is 331 g/mol. The number of benzene rings is 1. The minimum atomic E-state index is -0.224. The second kappa shape index (κ2) is 7.68. The van der Waals surface area contributed by atoms with Gasteiger partial charge in [0.05, 0.1) is 18.2 Å². The first-order valence-corrected chi connectivity index (χ1v) is 8.75. The highest BCUT2D eigenvalue weighted by molar-refractivity contribution is 7.09. The number of aromatic nitrogens is 1. The van der Waals surface area contributed by atoms with Gasteiger partial charge in [-0.1, -0.05) is 18.2 Å². The number of nitrogens with one attached hydrogen (secondary N) is 1. The van der Waals surface area contributed by atoms with Crippen LogP contribution in [0.2, 0.25) is 0 Å². The van der Waals surface area contributed by atoms with Gasteiger partial charge in [0, 0.05) is 24.2 Å². The van der Waals surface area contributed by atoms with Gasteiger partial charge in [-0.05, 0) is 31.5 Å². The van der Waals surface area contributed by atoms with Crippen molar-refractivity contribution < 1.29 is 9.90 Å². The van der Waals surface area contributed by atoms with Crippen molar-refractivity contribution in [2.75, 3.05) is 18.4 Å². The fourth-order valence-corrected chi connectivity index (χ4v) is 3.55. The van der Waals surface area contributed by atoms with Crippen LogP contribution < -0.4 is 5.32 Å². The lowest BCUT2D eigenvalue weighted by Crippen LogP contribution is -2.37. The number of piperidine rings is 1. The molecule has 0 saturated carbocycles. The van der Waals surface area contributed by atoms with E-state index < -0.39 is 0 Å². The molecule has 2 N–H and O–H groups in total. The maximum Gasteiger partial charge on any atom is 0.231 e. The van der Waals surface area contributed by atoms with Crippen molar-refractivity contribution in [1.29, 1.82) is 0 Å². The first kappa shape index (κ1) is 16.1. The highest BCUT2D eigenvalue weighted by Gasteiger charge is 2.18. The van der Waals surface area contributed by atoms with Gasteiger partial charge in [0.25, 0.3) is 0 Å². The third-order valence-corrected chi connectivity index (χ3v) is 4.73. The molecule has 1 amide bonds. The third-order valence-electron chi connectivity index (χ3n) is 3.83. The van der Waals surface area contributed by atoms with E-state index in [1.807, 2.05) is 35.7 Å². The van der Waals surface area contributed by atoms with Gasteiger partial charge in [-0.25, -0.2) is 4.98 Å². The Morgan fingerprint density at radius 3 is 3.00 bits per heavy atom. The molecule has 0 bridgehead atoms. The minimum Gasteiger partial charge on any atom is -0.392 e. The second-order valence-electron chi connectivity index (χ2n) is 5.85. The van der Waals surface area contributed by atoms with Gasteiger partial charge in [-0.15, -0.1) is 11.3 Å². The van der Waals surface area contributed by atoms with E-state index in [1.165, 1.54) is 11.3 Å². The van der Waals surface area contributed by atoms with Crippen molar-refractivity contribution in [3.8, 4) is 0 Å². The zero-order valence-corrected chi connectivity index (χ0v) is 13.8. The van der Waals surface area contributed by atoms with E-state index in [9.17, 15) is 9.90 Å². The minimum absolute atomic E-state index is 0.0505. The third kappa shape index (κ3) is 4.86. The molecule has 5 nitrogen and oxygen atoms in total. The van der Waals surface area contributed by atoms with E-state index in [1.54, 1.807) is 0 Å². The molecule has 1 aromatic heterocycles. The zero-order valence-electron chi connectivity index (χ0n) is 12.9. The van der Waals surface area contributed by atoms with Gasteiger partial charge in [-0.3, -0.25) is 9.69 Å². The number of carbonyl (C=O) groups excluding carboxylic acids is 1. The first-order valence-electron chi connectivity index (χ1n) is 7.87. The average Bonchev–Trinajstić information content (AvgIpc) is 2.95. The van der Waals surface area contributed by atoms with Gasteiger partial charge in [0.1, 0.15) is 5.01 Å². The molecule has 1 saturated heterocycles. The maximum absolute atomic E-state index is 12.0. The van der Waals surface area contributed by atoms with E-state index >= 15 is 0 Å². The Labute approximate surface area is 140 Å². The number of β-amino-alcohol motifs (C(OH)–C–C–N with tert-alkyl or cyclic N) is 1. The summed E-state index contributed by atoms with van der Waals surface area (Å²) < 4.78 is 0. The van der Waals surface area contributed by atoms with Crippen molar-refractivity contribution in [3.63, 3.8) is 0 Å².